The predicted molar refractivity (Wildman–Crippen MR) is 94.1 cm³/mol. The Labute approximate surface area is 144 Å². The predicted octanol–water partition coefficient (Wildman–Crippen LogP) is 3.12. The first-order valence-electron chi connectivity index (χ1n) is 8.38. The molecule has 24 heavy (non-hydrogen) atoms. The number of carbonyl (C=O) groups excluding carboxylic acids is 2. The molecular weight excluding hydrogens is 306 g/mol. The molecule has 1 aromatic carbocycles. The van der Waals surface area contributed by atoms with Crippen molar-refractivity contribution in [3.8, 4) is 5.75 Å². The van der Waals surface area contributed by atoms with Crippen molar-refractivity contribution in [2.24, 2.45) is 5.92 Å². The minimum atomic E-state index is -0.312. The van der Waals surface area contributed by atoms with Crippen LogP contribution < -0.4 is 4.74 Å². The van der Waals surface area contributed by atoms with Gasteiger partial charge in [0, 0.05) is 13.1 Å². The van der Waals surface area contributed by atoms with E-state index in [4.69, 9.17) is 4.74 Å². The molecule has 0 N–H and O–H groups in total. The van der Waals surface area contributed by atoms with Gasteiger partial charge in [-0.05, 0) is 43.4 Å². The zero-order valence-electron chi connectivity index (χ0n) is 15.4. The number of carbonyl (C=O) groups is 2. The molecule has 1 amide bonds. The van der Waals surface area contributed by atoms with Crippen molar-refractivity contribution in [3.63, 3.8) is 0 Å². The van der Waals surface area contributed by atoms with Gasteiger partial charge in [-0.1, -0.05) is 26.0 Å². The third-order valence-corrected chi connectivity index (χ3v) is 4.05. The SMILES string of the molecule is COC(=O)CCN(CCC(C)C)C(=O)COc1cccc(C)c1C. The lowest BCUT2D eigenvalue weighted by Crippen LogP contribution is -2.37. The Bertz CT molecular complexity index is 554. The lowest BCUT2D eigenvalue weighted by molar-refractivity contribution is -0.142. The van der Waals surface area contributed by atoms with Crippen molar-refractivity contribution >= 4 is 11.9 Å². The van der Waals surface area contributed by atoms with Gasteiger partial charge in [0.25, 0.3) is 5.91 Å². The van der Waals surface area contributed by atoms with Crippen LogP contribution in [0, 0.1) is 19.8 Å². The van der Waals surface area contributed by atoms with E-state index >= 15 is 0 Å². The van der Waals surface area contributed by atoms with Gasteiger partial charge in [-0.15, -0.1) is 0 Å². The van der Waals surface area contributed by atoms with Crippen molar-refractivity contribution in [2.75, 3.05) is 26.8 Å². The van der Waals surface area contributed by atoms with E-state index in [0.717, 1.165) is 23.3 Å². The number of esters is 1. The highest BCUT2D eigenvalue weighted by Crippen LogP contribution is 2.20. The monoisotopic (exact) mass is 335 g/mol. The van der Waals surface area contributed by atoms with Gasteiger partial charge >= 0.3 is 5.97 Å². The summed E-state index contributed by atoms with van der Waals surface area (Å²) >= 11 is 0. The fraction of sp³-hybridized carbons (Fsp3) is 0.579. The lowest BCUT2D eigenvalue weighted by atomic mass is 10.1. The van der Waals surface area contributed by atoms with E-state index in [-0.39, 0.29) is 24.9 Å². The van der Waals surface area contributed by atoms with Gasteiger partial charge in [-0.3, -0.25) is 9.59 Å². The fourth-order valence-electron chi connectivity index (χ4n) is 2.21. The maximum Gasteiger partial charge on any atom is 0.307 e. The molecule has 1 rings (SSSR count). The minimum absolute atomic E-state index is 0.0242. The first-order chi connectivity index (χ1) is 11.3. The average Bonchev–Trinajstić information content (AvgIpc) is 2.55. The molecule has 0 heterocycles. The molecule has 5 nitrogen and oxygen atoms in total. The molecule has 0 radical (unpaired) electrons. The average molecular weight is 335 g/mol. The number of methoxy groups -OCH3 is 1. The molecule has 0 aliphatic carbocycles. The van der Waals surface area contributed by atoms with Crippen molar-refractivity contribution in [1.82, 2.24) is 4.90 Å². The summed E-state index contributed by atoms with van der Waals surface area (Å²) < 4.78 is 10.3. The normalized spacial score (nSPS) is 10.6. The summed E-state index contributed by atoms with van der Waals surface area (Å²) in [5.41, 5.74) is 2.16. The third kappa shape index (κ3) is 6.60. The Morgan fingerprint density at radius 3 is 2.50 bits per heavy atom. The van der Waals surface area contributed by atoms with E-state index in [2.05, 4.69) is 18.6 Å². The summed E-state index contributed by atoms with van der Waals surface area (Å²) in [5.74, 6) is 0.784. The van der Waals surface area contributed by atoms with E-state index < -0.39 is 0 Å². The quantitative estimate of drug-likeness (QED) is 0.651. The number of nitrogens with zero attached hydrogens (tertiary/aromatic N) is 1. The van der Waals surface area contributed by atoms with Gasteiger partial charge in [0.05, 0.1) is 13.5 Å². The Balaban J connectivity index is 2.64. The summed E-state index contributed by atoms with van der Waals surface area (Å²) in [6.45, 7) is 9.14. The zero-order chi connectivity index (χ0) is 18.1. The lowest BCUT2D eigenvalue weighted by Gasteiger charge is -2.23. The number of amides is 1. The van der Waals surface area contributed by atoms with Crippen LogP contribution in [-0.4, -0.2) is 43.6 Å². The standard InChI is InChI=1S/C19H29NO4/c1-14(2)9-11-20(12-10-19(22)23-5)18(21)13-24-17-8-6-7-15(3)16(17)4/h6-8,14H,9-13H2,1-5H3. The molecule has 0 fully saturated rings. The molecule has 1 aromatic rings. The minimum Gasteiger partial charge on any atom is -0.483 e. The topological polar surface area (TPSA) is 55.8 Å². The van der Waals surface area contributed by atoms with E-state index in [1.54, 1.807) is 4.90 Å². The van der Waals surface area contributed by atoms with Crippen molar-refractivity contribution < 1.29 is 19.1 Å². The van der Waals surface area contributed by atoms with Gasteiger partial charge in [0.15, 0.2) is 6.61 Å². The van der Waals surface area contributed by atoms with Crippen LogP contribution in [0.5, 0.6) is 5.75 Å². The van der Waals surface area contributed by atoms with Crippen LogP contribution in [0.4, 0.5) is 0 Å². The highest BCUT2D eigenvalue weighted by atomic mass is 16.5. The number of ether oxygens (including phenoxy) is 2. The summed E-state index contributed by atoms with van der Waals surface area (Å²) in [7, 11) is 1.35. The maximum atomic E-state index is 12.5. The zero-order valence-corrected chi connectivity index (χ0v) is 15.4. The molecule has 0 unspecified atom stereocenters. The van der Waals surface area contributed by atoms with Crippen molar-refractivity contribution in [1.29, 1.82) is 0 Å². The summed E-state index contributed by atoms with van der Waals surface area (Å²) in [5, 5.41) is 0. The smallest absolute Gasteiger partial charge is 0.307 e. The second kappa shape index (κ2) is 9.96. The van der Waals surface area contributed by atoms with E-state index in [1.807, 2.05) is 32.0 Å². The van der Waals surface area contributed by atoms with E-state index in [0.29, 0.717) is 19.0 Å². The molecule has 0 aliphatic rings. The van der Waals surface area contributed by atoms with Crippen LogP contribution in [-0.2, 0) is 14.3 Å². The van der Waals surface area contributed by atoms with Crippen molar-refractivity contribution in [3.05, 3.63) is 29.3 Å². The number of rotatable bonds is 9. The molecule has 0 spiro atoms. The second-order valence-corrected chi connectivity index (χ2v) is 6.38. The molecular formula is C19H29NO4. The Morgan fingerprint density at radius 2 is 1.88 bits per heavy atom. The van der Waals surface area contributed by atoms with Crippen LogP contribution in [0.2, 0.25) is 0 Å². The molecule has 0 aliphatic heterocycles. The van der Waals surface area contributed by atoms with Gasteiger partial charge in [0.2, 0.25) is 0 Å². The van der Waals surface area contributed by atoms with Gasteiger partial charge in [-0.25, -0.2) is 0 Å². The number of aryl methyl sites for hydroxylation is 1. The largest absolute Gasteiger partial charge is 0.483 e. The molecule has 134 valence electrons. The fourth-order valence-corrected chi connectivity index (χ4v) is 2.21. The molecule has 0 atom stereocenters. The van der Waals surface area contributed by atoms with Gasteiger partial charge in [-0.2, -0.15) is 0 Å². The van der Waals surface area contributed by atoms with Crippen LogP contribution in [0.3, 0.4) is 0 Å². The number of benzene rings is 1. The first kappa shape index (κ1) is 20.0. The highest BCUT2D eigenvalue weighted by Gasteiger charge is 2.17. The van der Waals surface area contributed by atoms with E-state index in [1.165, 1.54) is 7.11 Å². The molecule has 5 heteroatoms. The van der Waals surface area contributed by atoms with Crippen LogP contribution in [0.15, 0.2) is 18.2 Å². The summed E-state index contributed by atoms with van der Waals surface area (Å²) in [6.07, 6.45) is 1.08. The van der Waals surface area contributed by atoms with Crippen molar-refractivity contribution in [2.45, 2.75) is 40.5 Å². The summed E-state index contributed by atoms with van der Waals surface area (Å²) in [6, 6.07) is 5.79. The van der Waals surface area contributed by atoms with Crippen LogP contribution >= 0.6 is 0 Å². The van der Waals surface area contributed by atoms with Crippen LogP contribution in [0.1, 0.15) is 37.8 Å². The molecule has 0 aromatic heterocycles. The van der Waals surface area contributed by atoms with Gasteiger partial charge in [0.1, 0.15) is 5.75 Å². The Morgan fingerprint density at radius 1 is 1.17 bits per heavy atom. The Hall–Kier alpha value is -2.04. The van der Waals surface area contributed by atoms with Gasteiger partial charge < -0.3 is 14.4 Å². The summed E-state index contributed by atoms with van der Waals surface area (Å²) in [4.78, 5) is 25.5. The molecule has 0 saturated carbocycles. The molecule has 0 saturated heterocycles. The van der Waals surface area contributed by atoms with E-state index in [9.17, 15) is 9.59 Å². The highest BCUT2D eigenvalue weighted by molar-refractivity contribution is 5.78. The second-order valence-electron chi connectivity index (χ2n) is 6.38. The number of hydrogen-bond acceptors (Lipinski definition) is 4. The maximum absolute atomic E-state index is 12.5. The van der Waals surface area contributed by atoms with Crippen LogP contribution in [0.25, 0.3) is 0 Å². The Kier molecular flexibility index (Phi) is 8.30. The molecule has 0 bridgehead atoms. The number of hydrogen-bond donors (Lipinski definition) is 0. The third-order valence-electron chi connectivity index (χ3n) is 4.05. The first-order valence-corrected chi connectivity index (χ1v) is 8.38.